The number of carbonyl (C=O) groups is 2. The molecule has 28 heavy (non-hydrogen) atoms. The predicted octanol–water partition coefficient (Wildman–Crippen LogP) is 4.02. The second-order valence-electron chi connectivity index (χ2n) is 6.89. The monoisotopic (exact) mass is 395 g/mol. The summed E-state index contributed by atoms with van der Waals surface area (Å²) in [4.78, 5) is 26.4. The quantitative estimate of drug-likeness (QED) is 0.569. The lowest BCUT2D eigenvalue weighted by Crippen LogP contribution is -2.42. The van der Waals surface area contributed by atoms with Crippen molar-refractivity contribution in [2.45, 2.75) is 26.8 Å². The van der Waals surface area contributed by atoms with E-state index >= 15 is 0 Å². The highest BCUT2D eigenvalue weighted by molar-refractivity contribution is 6.44. The van der Waals surface area contributed by atoms with Crippen molar-refractivity contribution in [2.24, 2.45) is 5.73 Å². The molecule has 0 aliphatic rings. The van der Waals surface area contributed by atoms with Gasteiger partial charge in [-0.1, -0.05) is 29.8 Å². The van der Waals surface area contributed by atoms with Crippen LogP contribution < -0.4 is 11.1 Å². The Morgan fingerprint density at radius 1 is 1.14 bits per heavy atom. The average molecular weight is 396 g/mol. The Morgan fingerprint density at radius 3 is 2.61 bits per heavy atom. The number of aromatic nitrogens is 1. The lowest BCUT2D eigenvalue weighted by atomic mass is 9.94. The number of rotatable bonds is 5. The van der Waals surface area contributed by atoms with Gasteiger partial charge < -0.3 is 16.0 Å². The van der Waals surface area contributed by atoms with Crippen LogP contribution in [0.5, 0.6) is 0 Å². The number of fused-ring (bicyclic) bond motifs is 1. The first-order chi connectivity index (χ1) is 13.3. The second kappa shape index (κ2) is 7.90. The Bertz CT molecular complexity index is 1100. The van der Waals surface area contributed by atoms with Gasteiger partial charge in [-0.2, -0.15) is 0 Å². The van der Waals surface area contributed by atoms with Crippen molar-refractivity contribution in [3.05, 3.63) is 64.3 Å². The molecule has 0 bridgehead atoms. The fourth-order valence-electron chi connectivity index (χ4n) is 3.06. The van der Waals surface area contributed by atoms with E-state index in [9.17, 15) is 9.59 Å². The lowest BCUT2D eigenvalue weighted by Gasteiger charge is -2.12. The highest BCUT2D eigenvalue weighted by Crippen LogP contribution is 2.30. The molecule has 1 heterocycles. The van der Waals surface area contributed by atoms with E-state index in [0.29, 0.717) is 0 Å². The molecule has 0 radical (unpaired) electrons. The van der Waals surface area contributed by atoms with Crippen LogP contribution in [0.25, 0.3) is 28.1 Å². The van der Waals surface area contributed by atoms with Crippen LogP contribution >= 0.6 is 11.6 Å². The second-order valence-corrected chi connectivity index (χ2v) is 7.30. The fraction of sp³-hybridized carbons (Fsp3) is 0.182. The first-order valence-corrected chi connectivity index (χ1v) is 9.30. The zero-order chi connectivity index (χ0) is 20.4. The number of nitrogens with one attached hydrogen (secondary N) is 2. The minimum Gasteiger partial charge on any atom is -0.368 e. The van der Waals surface area contributed by atoms with Crippen LogP contribution in [0.2, 0.25) is 0 Å². The molecule has 2 aromatic carbocycles. The Balaban J connectivity index is 1.91. The summed E-state index contributed by atoms with van der Waals surface area (Å²) >= 11 is 6.14. The van der Waals surface area contributed by atoms with Crippen LogP contribution in [-0.4, -0.2) is 22.8 Å². The van der Waals surface area contributed by atoms with Gasteiger partial charge in [-0.3, -0.25) is 9.59 Å². The summed E-state index contributed by atoms with van der Waals surface area (Å²) in [5.41, 5.74) is 11.4. The molecule has 3 aromatic rings. The van der Waals surface area contributed by atoms with E-state index < -0.39 is 17.9 Å². The van der Waals surface area contributed by atoms with E-state index in [1.165, 1.54) is 6.92 Å². The summed E-state index contributed by atoms with van der Waals surface area (Å²) in [5.74, 6) is -1.15. The lowest BCUT2D eigenvalue weighted by molar-refractivity contribution is -0.124. The van der Waals surface area contributed by atoms with Gasteiger partial charge in [0.15, 0.2) is 0 Å². The Labute approximate surface area is 168 Å². The number of amides is 2. The van der Waals surface area contributed by atoms with Crippen molar-refractivity contribution in [1.82, 2.24) is 10.3 Å². The van der Waals surface area contributed by atoms with Gasteiger partial charge in [0, 0.05) is 11.7 Å². The van der Waals surface area contributed by atoms with Gasteiger partial charge >= 0.3 is 0 Å². The number of carbonyl (C=O) groups excluding carboxylic acids is 2. The van der Waals surface area contributed by atoms with Gasteiger partial charge in [0.25, 0.3) is 5.91 Å². The van der Waals surface area contributed by atoms with Crippen LogP contribution in [0, 0.1) is 13.8 Å². The average Bonchev–Trinajstić information content (AvgIpc) is 3.11. The molecule has 5 nitrogen and oxygen atoms in total. The van der Waals surface area contributed by atoms with Gasteiger partial charge in [0.2, 0.25) is 5.91 Å². The van der Waals surface area contributed by atoms with E-state index in [4.69, 9.17) is 17.3 Å². The largest absolute Gasteiger partial charge is 0.368 e. The molecule has 4 N–H and O–H groups in total. The van der Waals surface area contributed by atoms with Crippen molar-refractivity contribution in [2.75, 3.05) is 0 Å². The molecule has 0 spiro atoms. The topological polar surface area (TPSA) is 88.0 Å². The standard InChI is InChI=1S/C22H22ClN3O2/c1-12-9-18(15-4-5-20-16(10-15)6-7-25-20)13(2)8-17(12)11-19(23)22(28)26-14(3)21(24)27/h4-11,14,25H,1-3H3,(H2,24,27)(H,26,28)/t14-/m1/s1. The number of aryl methyl sites for hydroxylation is 2. The zero-order valence-electron chi connectivity index (χ0n) is 16.0. The molecule has 2 amide bonds. The van der Waals surface area contributed by atoms with Gasteiger partial charge in [-0.15, -0.1) is 0 Å². The maximum Gasteiger partial charge on any atom is 0.263 e. The first kappa shape index (κ1) is 19.7. The summed E-state index contributed by atoms with van der Waals surface area (Å²) in [6, 6.07) is 11.6. The molecule has 0 aliphatic heterocycles. The highest BCUT2D eigenvalue weighted by Gasteiger charge is 2.15. The number of primary amides is 1. The highest BCUT2D eigenvalue weighted by atomic mass is 35.5. The molecule has 0 saturated heterocycles. The number of hydrogen-bond acceptors (Lipinski definition) is 2. The van der Waals surface area contributed by atoms with Crippen LogP contribution in [0.15, 0.2) is 47.6 Å². The van der Waals surface area contributed by atoms with Crippen molar-refractivity contribution in [3.63, 3.8) is 0 Å². The Kier molecular flexibility index (Phi) is 5.56. The molecule has 0 unspecified atom stereocenters. The van der Waals surface area contributed by atoms with Crippen molar-refractivity contribution in [3.8, 4) is 11.1 Å². The maximum atomic E-state index is 12.1. The number of benzene rings is 2. The van der Waals surface area contributed by atoms with Gasteiger partial charge in [-0.05, 0) is 78.2 Å². The van der Waals surface area contributed by atoms with Crippen molar-refractivity contribution < 1.29 is 9.59 Å². The van der Waals surface area contributed by atoms with Crippen LogP contribution in [0.3, 0.4) is 0 Å². The van der Waals surface area contributed by atoms with Crippen LogP contribution in [0.4, 0.5) is 0 Å². The van der Waals surface area contributed by atoms with Gasteiger partial charge in [-0.25, -0.2) is 0 Å². The summed E-state index contributed by atoms with van der Waals surface area (Å²) in [7, 11) is 0. The van der Waals surface area contributed by atoms with E-state index in [1.807, 2.05) is 32.2 Å². The number of hydrogen-bond donors (Lipinski definition) is 3. The first-order valence-electron chi connectivity index (χ1n) is 8.92. The van der Waals surface area contributed by atoms with Crippen LogP contribution in [0.1, 0.15) is 23.6 Å². The van der Waals surface area contributed by atoms with Crippen molar-refractivity contribution in [1.29, 1.82) is 0 Å². The van der Waals surface area contributed by atoms with E-state index in [-0.39, 0.29) is 5.03 Å². The molecule has 1 aromatic heterocycles. The molecule has 6 heteroatoms. The van der Waals surface area contributed by atoms with Crippen LogP contribution in [-0.2, 0) is 9.59 Å². The summed E-state index contributed by atoms with van der Waals surface area (Å²) < 4.78 is 0. The minimum atomic E-state index is -0.789. The Hall–Kier alpha value is -3.05. The molecule has 0 fully saturated rings. The summed E-state index contributed by atoms with van der Waals surface area (Å²) in [5, 5.41) is 3.62. The number of halogens is 1. The molecule has 0 aliphatic carbocycles. The fourth-order valence-corrected chi connectivity index (χ4v) is 3.24. The predicted molar refractivity (Wildman–Crippen MR) is 114 cm³/mol. The zero-order valence-corrected chi connectivity index (χ0v) is 16.7. The smallest absolute Gasteiger partial charge is 0.263 e. The molecule has 0 saturated carbocycles. The summed E-state index contributed by atoms with van der Waals surface area (Å²) in [6.45, 7) is 5.50. The normalized spacial score (nSPS) is 12.8. The number of aromatic amines is 1. The van der Waals surface area contributed by atoms with Gasteiger partial charge in [0.1, 0.15) is 11.1 Å². The van der Waals surface area contributed by atoms with E-state index in [1.54, 1.807) is 6.08 Å². The third-order valence-corrected chi connectivity index (χ3v) is 5.03. The minimum absolute atomic E-state index is 0.00269. The van der Waals surface area contributed by atoms with E-state index in [0.717, 1.165) is 38.7 Å². The molecule has 3 rings (SSSR count). The number of H-pyrrole nitrogens is 1. The van der Waals surface area contributed by atoms with Gasteiger partial charge in [0.05, 0.1) is 0 Å². The number of nitrogens with two attached hydrogens (primary N) is 1. The molecular weight excluding hydrogens is 374 g/mol. The van der Waals surface area contributed by atoms with E-state index in [2.05, 4.69) is 34.6 Å². The van der Waals surface area contributed by atoms with Crippen molar-refractivity contribution >= 4 is 40.4 Å². The molecule has 1 atom stereocenters. The Morgan fingerprint density at radius 2 is 1.89 bits per heavy atom. The SMILES string of the molecule is Cc1cc(-c2ccc3[nH]ccc3c2)c(C)cc1C=C(Cl)C(=O)N[C@H](C)C(N)=O. The summed E-state index contributed by atoms with van der Waals surface area (Å²) in [6.07, 6.45) is 3.53. The maximum absolute atomic E-state index is 12.1. The molecule has 144 valence electrons. The molecular formula is C22H22ClN3O2. The third kappa shape index (κ3) is 4.10. The third-order valence-electron chi connectivity index (χ3n) is 4.75.